The lowest BCUT2D eigenvalue weighted by Crippen LogP contribution is -2.18. The lowest BCUT2D eigenvalue weighted by atomic mass is 10.2. The Bertz CT molecular complexity index is 343. The van der Waals surface area contributed by atoms with Crippen molar-refractivity contribution in [2.24, 2.45) is 0 Å². The van der Waals surface area contributed by atoms with E-state index in [0.717, 1.165) is 11.6 Å². The Hall–Kier alpha value is -1.05. The van der Waals surface area contributed by atoms with E-state index >= 15 is 0 Å². The maximum absolute atomic E-state index is 9.51. The number of ether oxygens (including phenoxy) is 1. The quantitative estimate of drug-likeness (QED) is 0.482. The van der Waals surface area contributed by atoms with E-state index < -0.39 is 6.10 Å². The van der Waals surface area contributed by atoms with Crippen LogP contribution in [0.3, 0.4) is 0 Å². The molecule has 0 aliphatic heterocycles. The summed E-state index contributed by atoms with van der Waals surface area (Å²) in [5.74, 6) is 1.53. The first-order chi connectivity index (χ1) is 8.69. The summed E-state index contributed by atoms with van der Waals surface area (Å²) < 4.78 is 4.86. The molecule has 1 atom stereocenters. The molecule has 102 valence electrons. The van der Waals surface area contributed by atoms with Crippen molar-refractivity contribution in [2.75, 3.05) is 44.2 Å². The van der Waals surface area contributed by atoms with E-state index in [9.17, 15) is 5.11 Å². The lowest BCUT2D eigenvalue weighted by molar-refractivity contribution is 0.0615. The van der Waals surface area contributed by atoms with Crippen molar-refractivity contribution in [3.63, 3.8) is 0 Å². The van der Waals surface area contributed by atoms with Crippen molar-refractivity contribution >= 4 is 23.4 Å². The fourth-order valence-electron chi connectivity index (χ4n) is 1.38. The summed E-state index contributed by atoms with van der Waals surface area (Å²) in [5.41, 5.74) is 0. The van der Waals surface area contributed by atoms with Gasteiger partial charge in [0.2, 0.25) is 0 Å². The van der Waals surface area contributed by atoms with Gasteiger partial charge >= 0.3 is 0 Å². The van der Waals surface area contributed by atoms with Crippen molar-refractivity contribution in [3.05, 3.63) is 6.07 Å². The van der Waals surface area contributed by atoms with Gasteiger partial charge in [0.25, 0.3) is 0 Å². The molecule has 0 saturated heterocycles. The van der Waals surface area contributed by atoms with Crippen LogP contribution in [0.5, 0.6) is 0 Å². The van der Waals surface area contributed by atoms with Crippen LogP contribution >= 0.6 is 11.8 Å². The molecular formula is C11H20N4O2S. The second-order valence-corrected chi connectivity index (χ2v) is 4.47. The summed E-state index contributed by atoms with van der Waals surface area (Å²) in [6.45, 7) is 0.988. The fraction of sp³-hybridized carbons (Fsp3) is 0.636. The van der Waals surface area contributed by atoms with Crippen LogP contribution in [-0.2, 0) is 4.74 Å². The maximum Gasteiger partial charge on any atom is 0.191 e. The van der Waals surface area contributed by atoms with Crippen molar-refractivity contribution in [2.45, 2.75) is 17.7 Å². The molecule has 7 heteroatoms. The van der Waals surface area contributed by atoms with Gasteiger partial charge in [-0.05, 0) is 12.7 Å². The minimum Gasteiger partial charge on any atom is -0.391 e. The highest BCUT2D eigenvalue weighted by atomic mass is 32.2. The van der Waals surface area contributed by atoms with Crippen molar-refractivity contribution in [1.29, 1.82) is 0 Å². The molecule has 0 saturated carbocycles. The van der Waals surface area contributed by atoms with E-state index in [4.69, 9.17) is 4.74 Å². The van der Waals surface area contributed by atoms with Crippen LogP contribution in [0.4, 0.5) is 11.6 Å². The zero-order valence-electron chi connectivity index (χ0n) is 10.9. The minimum atomic E-state index is -0.451. The normalized spacial score (nSPS) is 12.2. The van der Waals surface area contributed by atoms with Gasteiger partial charge in [0.1, 0.15) is 11.6 Å². The smallest absolute Gasteiger partial charge is 0.191 e. The number of aromatic nitrogens is 2. The average Bonchev–Trinajstić information content (AvgIpc) is 2.38. The highest BCUT2D eigenvalue weighted by molar-refractivity contribution is 7.98. The molecule has 1 rings (SSSR count). The molecule has 3 N–H and O–H groups in total. The van der Waals surface area contributed by atoms with Gasteiger partial charge < -0.3 is 20.5 Å². The van der Waals surface area contributed by atoms with Crippen LogP contribution in [-0.4, -0.2) is 54.7 Å². The standard InChI is InChI=1S/C11H20N4O2S/c1-12-9-6-10(15-11(14-9)18-3)13-5-4-8(16)7-17-2/h6,8,16H,4-5,7H2,1-3H3,(H2,12,13,14,15). The van der Waals surface area contributed by atoms with E-state index in [2.05, 4.69) is 20.6 Å². The number of hydrogen-bond acceptors (Lipinski definition) is 7. The van der Waals surface area contributed by atoms with Crippen LogP contribution in [0, 0.1) is 0 Å². The summed E-state index contributed by atoms with van der Waals surface area (Å²) in [6, 6.07) is 1.84. The zero-order chi connectivity index (χ0) is 13.4. The van der Waals surface area contributed by atoms with Gasteiger partial charge in [0.15, 0.2) is 5.16 Å². The van der Waals surface area contributed by atoms with Crippen LogP contribution in [0.25, 0.3) is 0 Å². The molecule has 1 aromatic heterocycles. The van der Waals surface area contributed by atoms with Gasteiger partial charge in [-0.3, -0.25) is 0 Å². The van der Waals surface area contributed by atoms with Crippen LogP contribution in [0.1, 0.15) is 6.42 Å². The molecule has 0 aliphatic carbocycles. The number of aliphatic hydroxyl groups is 1. The summed E-state index contributed by atoms with van der Waals surface area (Å²) in [4.78, 5) is 8.60. The number of hydrogen-bond donors (Lipinski definition) is 3. The Morgan fingerprint density at radius 1 is 1.44 bits per heavy atom. The Balaban J connectivity index is 2.50. The van der Waals surface area contributed by atoms with Crippen LogP contribution in [0.2, 0.25) is 0 Å². The molecule has 0 bridgehead atoms. The number of thioether (sulfide) groups is 1. The molecule has 1 heterocycles. The van der Waals surface area contributed by atoms with Gasteiger partial charge in [-0.25, -0.2) is 9.97 Å². The lowest BCUT2D eigenvalue weighted by Gasteiger charge is -2.11. The molecule has 1 aromatic rings. The number of nitrogens with zero attached hydrogens (tertiary/aromatic N) is 2. The highest BCUT2D eigenvalue weighted by Gasteiger charge is 2.05. The maximum atomic E-state index is 9.51. The molecule has 0 aliphatic rings. The van der Waals surface area contributed by atoms with Gasteiger partial charge in [0.05, 0.1) is 12.7 Å². The first kappa shape index (κ1) is 15.0. The predicted molar refractivity (Wildman–Crippen MR) is 74.3 cm³/mol. The first-order valence-corrected chi connectivity index (χ1v) is 6.93. The number of anilines is 2. The SMILES string of the molecule is CNc1cc(NCCC(O)COC)nc(SC)n1. The van der Waals surface area contributed by atoms with E-state index in [1.165, 1.54) is 11.8 Å². The third-order valence-electron chi connectivity index (χ3n) is 2.29. The Kier molecular flexibility index (Phi) is 6.77. The third-order valence-corrected chi connectivity index (χ3v) is 2.83. The topological polar surface area (TPSA) is 79.3 Å². The molecule has 1 unspecified atom stereocenters. The van der Waals surface area contributed by atoms with Crippen molar-refractivity contribution < 1.29 is 9.84 Å². The summed E-state index contributed by atoms with van der Waals surface area (Å²) in [6.07, 6.45) is 2.09. The Morgan fingerprint density at radius 3 is 2.78 bits per heavy atom. The van der Waals surface area contributed by atoms with Crippen LogP contribution < -0.4 is 10.6 Å². The first-order valence-electron chi connectivity index (χ1n) is 5.71. The second kappa shape index (κ2) is 8.12. The van der Waals surface area contributed by atoms with Gasteiger partial charge in [0, 0.05) is 26.8 Å². The second-order valence-electron chi connectivity index (χ2n) is 3.70. The number of aliphatic hydroxyl groups excluding tert-OH is 1. The van der Waals surface area contributed by atoms with Crippen molar-refractivity contribution in [1.82, 2.24) is 9.97 Å². The number of methoxy groups -OCH3 is 1. The zero-order valence-corrected chi connectivity index (χ0v) is 11.8. The molecule has 6 nitrogen and oxygen atoms in total. The van der Waals surface area contributed by atoms with E-state index in [0.29, 0.717) is 24.7 Å². The average molecular weight is 272 g/mol. The molecule has 0 amide bonds. The van der Waals surface area contributed by atoms with Crippen molar-refractivity contribution in [3.8, 4) is 0 Å². The molecule has 0 fully saturated rings. The highest BCUT2D eigenvalue weighted by Crippen LogP contribution is 2.16. The largest absolute Gasteiger partial charge is 0.391 e. The van der Waals surface area contributed by atoms with Crippen LogP contribution in [0.15, 0.2) is 11.2 Å². The summed E-state index contributed by atoms with van der Waals surface area (Å²) in [7, 11) is 3.39. The molecule has 0 aromatic carbocycles. The monoisotopic (exact) mass is 272 g/mol. The van der Waals surface area contributed by atoms with Gasteiger partial charge in [-0.15, -0.1) is 0 Å². The Morgan fingerprint density at radius 2 is 2.17 bits per heavy atom. The Labute approximate surface area is 112 Å². The summed E-state index contributed by atoms with van der Waals surface area (Å²) >= 11 is 1.49. The molecular weight excluding hydrogens is 252 g/mol. The van der Waals surface area contributed by atoms with E-state index in [1.54, 1.807) is 7.11 Å². The minimum absolute atomic E-state index is 0.350. The van der Waals surface area contributed by atoms with E-state index in [1.807, 2.05) is 19.4 Å². The van der Waals surface area contributed by atoms with Gasteiger partial charge in [-0.2, -0.15) is 0 Å². The van der Waals surface area contributed by atoms with Gasteiger partial charge in [-0.1, -0.05) is 11.8 Å². The molecule has 0 spiro atoms. The third kappa shape index (κ3) is 5.07. The fourth-order valence-corrected chi connectivity index (χ4v) is 1.76. The molecule has 18 heavy (non-hydrogen) atoms. The molecule has 0 radical (unpaired) electrons. The number of nitrogens with one attached hydrogen (secondary N) is 2. The number of rotatable bonds is 8. The predicted octanol–water partition coefficient (Wildman–Crippen LogP) is 1.05. The van der Waals surface area contributed by atoms with E-state index in [-0.39, 0.29) is 0 Å². The summed E-state index contributed by atoms with van der Waals surface area (Å²) in [5, 5.41) is 16.4.